The highest BCUT2D eigenvalue weighted by atomic mass is 32.2. The van der Waals surface area contributed by atoms with E-state index in [0.717, 1.165) is 5.56 Å². The lowest BCUT2D eigenvalue weighted by molar-refractivity contribution is -0.132. The van der Waals surface area contributed by atoms with Gasteiger partial charge < -0.3 is 20.5 Å². The van der Waals surface area contributed by atoms with Crippen molar-refractivity contribution in [1.82, 2.24) is 10.0 Å². The van der Waals surface area contributed by atoms with Gasteiger partial charge in [-0.25, -0.2) is 13.1 Å². The van der Waals surface area contributed by atoms with E-state index in [1.807, 2.05) is 30.3 Å². The summed E-state index contributed by atoms with van der Waals surface area (Å²) in [5, 5.41) is 2.86. The minimum absolute atomic E-state index is 0.0929. The zero-order valence-electron chi connectivity index (χ0n) is 17.7. The number of hydrogen-bond acceptors (Lipinski definition) is 5. The zero-order valence-corrected chi connectivity index (χ0v) is 19.6. The molecule has 0 aliphatic heterocycles. The predicted octanol–water partition coefficient (Wildman–Crippen LogP) is 1.15. The van der Waals surface area contributed by atoms with Crippen molar-refractivity contribution < 1.29 is 22.7 Å². The second-order valence-corrected chi connectivity index (χ2v) is 9.12. The number of nitrogens with one attached hydrogen (secondary N) is 2. The molecule has 2 atom stereocenters. The average molecular weight is 468 g/mol. The largest absolute Gasteiger partial charge is 0.496 e. The van der Waals surface area contributed by atoms with Gasteiger partial charge in [0.2, 0.25) is 16.8 Å². The standard InChI is InChI=1S/C21H30N3O5PS/c1-21(2,20(25)23-11-12-28-13-15-7-4-3-5-8-15)14-29-17-10-6-9-16(24-31(26)27)18(17)19(22)30/h3-10,16,18,30-31H,11-14,22H2,1-2H3,(H,23,25)(H,24,26,27). The van der Waals surface area contributed by atoms with Gasteiger partial charge in [-0.15, -0.1) is 8.86 Å². The Kier molecular flexibility index (Phi) is 9.87. The number of hydrogen-bond donors (Lipinski definition) is 4. The number of allylic oxidation sites excluding steroid dienone is 2. The highest BCUT2D eigenvalue weighted by Gasteiger charge is 2.33. The Hall–Kier alpha value is -2.03. The molecular weight excluding hydrogens is 437 g/mol. The van der Waals surface area contributed by atoms with Crippen LogP contribution in [0.5, 0.6) is 0 Å². The Morgan fingerprint density at radius 2 is 1.97 bits per heavy atom. The van der Waals surface area contributed by atoms with Gasteiger partial charge in [0.25, 0.3) is 0 Å². The topological polar surface area (TPSA) is 120 Å². The van der Waals surface area contributed by atoms with Crippen LogP contribution in [-0.2, 0) is 31.8 Å². The van der Waals surface area contributed by atoms with Gasteiger partial charge in [-0.3, -0.25) is 4.79 Å². The molecule has 0 radical (unpaired) electrons. The maximum Gasteiger partial charge on any atom is 0.229 e. The van der Waals surface area contributed by atoms with E-state index in [9.17, 15) is 13.2 Å². The number of thiol groups is 1. The van der Waals surface area contributed by atoms with Crippen LogP contribution in [0.15, 0.2) is 54.3 Å². The average Bonchev–Trinajstić information content (AvgIpc) is 2.72. The summed E-state index contributed by atoms with van der Waals surface area (Å²) in [7, 11) is 0.476. The summed E-state index contributed by atoms with van der Waals surface area (Å²) >= 11 is 0. The van der Waals surface area contributed by atoms with Gasteiger partial charge in [0, 0.05) is 12.0 Å². The van der Waals surface area contributed by atoms with Crippen LogP contribution < -0.4 is 15.8 Å². The monoisotopic (exact) mass is 467 g/mol. The van der Waals surface area contributed by atoms with Crippen molar-refractivity contribution in [3.8, 4) is 0 Å². The van der Waals surface area contributed by atoms with E-state index in [1.165, 1.54) is 0 Å². The number of ether oxygens (including phenoxy) is 2. The van der Waals surface area contributed by atoms with Gasteiger partial charge in [0.1, 0.15) is 12.4 Å². The van der Waals surface area contributed by atoms with Gasteiger partial charge in [0.05, 0.1) is 30.6 Å². The van der Waals surface area contributed by atoms with Crippen LogP contribution >= 0.6 is 8.86 Å². The van der Waals surface area contributed by atoms with Gasteiger partial charge in [-0.2, -0.15) is 0 Å². The Bertz CT molecular complexity index is 892. The minimum atomic E-state index is -2.81. The third-order valence-corrected chi connectivity index (χ3v) is 5.51. The fourth-order valence-corrected chi connectivity index (χ4v) is 3.76. The van der Waals surface area contributed by atoms with Crippen molar-refractivity contribution in [2.75, 3.05) is 19.8 Å². The molecule has 8 nitrogen and oxygen atoms in total. The smallest absolute Gasteiger partial charge is 0.229 e. The first-order valence-corrected chi connectivity index (χ1v) is 11.5. The maximum absolute atomic E-state index is 12.6. The summed E-state index contributed by atoms with van der Waals surface area (Å²) in [5.41, 5.74) is 6.48. The number of amides is 1. The molecule has 0 saturated carbocycles. The summed E-state index contributed by atoms with van der Waals surface area (Å²) < 4.78 is 36.1. The van der Waals surface area contributed by atoms with Gasteiger partial charge in [-0.1, -0.05) is 42.5 Å². The molecular formula is C21H30N3O5PS. The molecule has 1 amide bonds. The third-order valence-electron chi connectivity index (χ3n) is 4.69. The van der Waals surface area contributed by atoms with Crippen molar-refractivity contribution >= 4 is 31.1 Å². The summed E-state index contributed by atoms with van der Waals surface area (Å²) in [6.07, 6.45) is 5.08. The van der Waals surface area contributed by atoms with E-state index in [2.05, 4.69) is 18.9 Å². The van der Waals surface area contributed by atoms with Crippen molar-refractivity contribution in [2.24, 2.45) is 17.1 Å². The Labute approximate surface area is 187 Å². The Morgan fingerprint density at radius 3 is 2.61 bits per heavy atom. The first-order valence-electron chi connectivity index (χ1n) is 9.86. The normalized spacial score (nSPS) is 18.5. The molecule has 2 rings (SSSR count). The summed E-state index contributed by atoms with van der Waals surface area (Å²) in [6.45, 7) is 4.90. The van der Waals surface area contributed by atoms with Crippen LogP contribution in [0.2, 0.25) is 0 Å². The van der Waals surface area contributed by atoms with Crippen molar-refractivity contribution in [3.63, 3.8) is 0 Å². The van der Waals surface area contributed by atoms with Gasteiger partial charge >= 0.3 is 0 Å². The number of rotatable bonds is 12. The number of carbonyl (C=O) groups excluding carboxylic acids is 1. The summed E-state index contributed by atoms with van der Waals surface area (Å²) in [4.78, 5) is 12.6. The minimum Gasteiger partial charge on any atom is -0.496 e. The highest BCUT2D eigenvalue weighted by Crippen LogP contribution is 2.26. The third kappa shape index (κ3) is 8.20. The molecule has 1 aromatic rings. The Morgan fingerprint density at radius 1 is 1.26 bits per heavy atom. The fourth-order valence-electron chi connectivity index (χ4n) is 2.96. The predicted molar refractivity (Wildman–Crippen MR) is 124 cm³/mol. The first kappa shape index (κ1) is 25.2. The first-order chi connectivity index (χ1) is 14.7. The molecule has 170 valence electrons. The molecule has 10 heteroatoms. The van der Waals surface area contributed by atoms with E-state index in [4.69, 9.17) is 15.2 Å². The van der Waals surface area contributed by atoms with Crippen molar-refractivity contribution in [3.05, 3.63) is 59.9 Å². The second kappa shape index (κ2) is 12.1. The molecule has 0 saturated heterocycles. The van der Waals surface area contributed by atoms with Crippen LogP contribution in [0.25, 0.3) is 0 Å². The molecule has 31 heavy (non-hydrogen) atoms. The molecule has 0 fully saturated rings. The summed E-state index contributed by atoms with van der Waals surface area (Å²) in [6, 6.07) is 9.23. The Balaban J connectivity index is 1.82. The summed E-state index contributed by atoms with van der Waals surface area (Å²) in [5.74, 6) is -0.233. The molecule has 0 heterocycles. The zero-order chi connectivity index (χ0) is 22.9. The van der Waals surface area contributed by atoms with Crippen molar-refractivity contribution in [1.29, 1.82) is 0 Å². The fraction of sp³-hybridized carbons (Fsp3) is 0.429. The van der Waals surface area contributed by atoms with E-state index < -0.39 is 28.3 Å². The molecule has 0 spiro atoms. The molecule has 2 unspecified atom stereocenters. The molecule has 1 aromatic carbocycles. The van der Waals surface area contributed by atoms with Gasteiger partial charge in [-0.05, 0) is 25.5 Å². The quantitative estimate of drug-likeness (QED) is 0.208. The number of carbonyl (C=O) groups is 1. The van der Waals surface area contributed by atoms with Crippen molar-refractivity contribution in [2.45, 2.75) is 26.5 Å². The molecule has 0 aromatic heterocycles. The van der Waals surface area contributed by atoms with Gasteiger partial charge in [0.15, 0.2) is 0 Å². The molecule has 1 aliphatic rings. The second-order valence-electron chi connectivity index (χ2n) is 7.77. The van der Waals surface area contributed by atoms with Crippen LogP contribution in [-0.4, -0.2) is 45.5 Å². The highest BCUT2D eigenvalue weighted by molar-refractivity contribution is 7.70. The number of nitrogens with two attached hydrogens (primary N) is 1. The van der Waals surface area contributed by atoms with E-state index in [-0.39, 0.29) is 12.5 Å². The maximum atomic E-state index is 12.6. The lowest BCUT2D eigenvalue weighted by Crippen LogP contribution is -2.44. The van der Waals surface area contributed by atoms with Crippen LogP contribution in [0.3, 0.4) is 0 Å². The lowest BCUT2D eigenvalue weighted by atomic mass is 9.91. The van der Waals surface area contributed by atoms with Crippen LogP contribution in [0.4, 0.5) is 0 Å². The molecule has 0 bridgehead atoms. The van der Waals surface area contributed by atoms with Crippen LogP contribution in [0.1, 0.15) is 19.4 Å². The van der Waals surface area contributed by atoms with Crippen LogP contribution in [0, 0.1) is 11.3 Å². The number of benzene rings is 1. The van der Waals surface area contributed by atoms with E-state index >= 15 is 0 Å². The van der Waals surface area contributed by atoms with E-state index in [1.54, 1.807) is 32.1 Å². The van der Waals surface area contributed by atoms with E-state index in [0.29, 0.717) is 30.9 Å². The molecule has 4 N–H and O–H groups in total. The SMILES string of the molecule is CC(C)(COC1=CC=CC(N[SH](=O)=O)C1C(N)=P)C(=O)NCCOCc1ccccc1. The lowest BCUT2D eigenvalue weighted by Gasteiger charge is -2.31. The molecule has 1 aliphatic carbocycles.